The molecule has 0 radical (unpaired) electrons. The SMILES string of the molecule is COc1cnc(C(=O)Nc2ccc(F)c([C@](NC(N)=O)(C(F)F)[C@H]3C[C@H]3N)c2)c(Cl)c1. The summed E-state index contributed by atoms with van der Waals surface area (Å²) in [4.78, 5) is 27.9. The summed E-state index contributed by atoms with van der Waals surface area (Å²) in [6.07, 6.45) is -1.83. The molecule has 8 nitrogen and oxygen atoms in total. The number of carbonyl (C=O) groups is 2. The second-order valence-corrected chi connectivity index (χ2v) is 7.43. The van der Waals surface area contributed by atoms with E-state index >= 15 is 0 Å². The van der Waals surface area contributed by atoms with E-state index in [4.69, 9.17) is 27.8 Å². The summed E-state index contributed by atoms with van der Waals surface area (Å²) in [5.74, 6) is -2.41. The Morgan fingerprint density at radius 3 is 2.55 bits per heavy atom. The Bertz CT molecular complexity index is 1030. The first-order chi connectivity index (χ1) is 14.6. The molecule has 1 fully saturated rings. The molecule has 0 bridgehead atoms. The number of benzene rings is 1. The predicted octanol–water partition coefficient (Wildman–Crippen LogP) is 2.61. The molecular formula is C19H19ClF3N5O3. The lowest BCUT2D eigenvalue weighted by molar-refractivity contribution is 0.0171. The van der Waals surface area contributed by atoms with E-state index in [1.165, 1.54) is 25.4 Å². The van der Waals surface area contributed by atoms with Gasteiger partial charge in [-0.05, 0) is 24.6 Å². The Morgan fingerprint density at radius 1 is 1.35 bits per heavy atom. The number of amides is 3. The molecule has 2 aromatic rings. The number of alkyl halides is 2. The van der Waals surface area contributed by atoms with Gasteiger partial charge >= 0.3 is 6.03 Å². The van der Waals surface area contributed by atoms with Crippen LogP contribution in [0.4, 0.5) is 23.7 Å². The molecule has 1 aromatic heterocycles. The average molecular weight is 458 g/mol. The van der Waals surface area contributed by atoms with E-state index in [0.29, 0.717) is 5.75 Å². The van der Waals surface area contributed by atoms with Gasteiger partial charge in [-0.25, -0.2) is 22.9 Å². The largest absolute Gasteiger partial charge is 0.495 e. The Kier molecular flexibility index (Phi) is 6.27. The number of rotatable bonds is 7. The molecule has 1 heterocycles. The van der Waals surface area contributed by atoms with E-state index in [-0.39, 0.29) is 22.8 Å². The minimum atomic E-state index is -3.23. The van der Waals surface area contributed by atoms with Gasteiger partial charge in [0.25, 0.3) is 12.3 Å². The van der Waals surface area contributed by atoms with Gasteiger partial charge in [-0.1, -0.05) is 11.6 Å². The van der Waals surface area contributed by atoms with Crippen LogP contribution >= 0.6 is 11.6 Å². The van der Waals surface area contributed by atoms with Gasteiger partial charge in [0.1, 0.15) is 22.8 Å². The van der Waals surface area contributed by atoms with Gasteiger partial charge in [-0.3, -0.25) is 4.79 Å². The molecule has 3 amide bonds. The fourth-order valence-corrected chi connectivity index (χ4v) is 3.69. The summed E-state index contributed by atoms with van der Waals surface area (Å²) in [6.45, 7) is 0. The number of nitrogens with one attached hydrogen (secondary N) is 2. The zero-order valence-electron chi connectivity index (χ0n) is 16.2. The van der Waals surface area contributed by atoms with Crippen LogP contribution in [0.3, 0.4) is 0 Å². The summed E-state index contributed by atoms with van der Waals surface area (Å²) < 4.78 is 48.0. The van der Waals surface area contributed by atoms with E-state index in [1.807, 2.05) is 5.32 Å². The highest BCUT2D eigenvalue weighted by molar-refractivity contribution is 6.34. The van der Waals surface area contributed by atoms with Gasteiger partial charge < -0.3 is 26.8 Å². The average Bonchev–Trinajstić information content (AvgIpc) is 3.43. The first-order valence-corrected chi connectivity index (χ1v) is 9.40. The van der Waals surface area contributed by atoms with Crippen molar-refractivity contribution in [3.63, 3.8) is 0 Å². The van der Waals surface area contributed by atoms with Crippen LogP contribution in [0, 0.1) is 11.7 Å². The molecule has 0 saturated heterocycles. The molecule has 1 aromatic carbocycles. The van der Waals surface area contributed by atoms with Gasteiger partial charge in [-0.15, -0.1) is 0 Å². The highest BCUT2D eigenvalue weighted by Gasteiger charge is 2.59. The number of halogens is 4. The first kappa shape index (κ1) is 22.6. The van der Waals surface area contributed by atoms with E-state index < -0.39 is 47.2 Å². The zero-order chi connectivity index (χ0) is 22.9. The predicted molar refractivity (Wildman–Crippen MR) is 107 cm³/mol. The van der Waals surface area contributed by atoms with E-state index in [0.717, 1.165) is 12.1 Å². The van der Waals surface area contributed by atoms with Crippen molar-refractivity contribution in [2.24, 2.45) is 17.4 Å². The molecule has 0 unspecified atom stereocenters. The summed E-state index contributed by atoms with van der Waals surface area (Å²) in [5, 5.41) is 4.40. The number of urea groups is 1. The Hall–Kier alpha value is -3.05. The highest BCUT2D eigenvalue weighted by atomic mass is 35.5. The Labute approximate surface area is 180 Å². The van der Waals surface area contributed by atoms with Crippen LogP contribution in [-0.4, -0.2) is 36.5 Å². The number of pyridine rings is 1. The van der Waals surface area contributed by atoms with Crippen LogP contribution in [0.5, 0.6) is 5.75 Å². The number of nitrogens with zero attached hydrogens (tertiary/aromatic N) is 1. The normalized spacial score (nSPS) is 19.5. The number of primary amides is 1. The first-order valence-electron chi connectivity index (χ1n) is 9.02. The molecule has 0 aliphatic heterocycles. The van der Waals surface area contributed by atoms with Crippen molar-refractivity contribution in [3.8, 4) is 5.75 Å². The third-order valence-corrected chi connectivity index (χ3v) is 5.32. The molecule has 6 N–H and O–H groups in total. The van der Waals surface area contributed by atoms with Crippen molar-refractivity contribution < 1.29 is 27.5 Å². The molecule has 1 aliphatic carbocycles. The van der Waals surface area contributed by atoms with Crippen LogP contribution < -0.4 is 26.8 Å². The lowest BCUT2D eigenvalue weighted by atomic mass is 9.84. The van der Waals surface area contributed by atoms with Crippen LogP contribution in [0.15, 0.2) is 30.5 Å². The second-order valence-electron chi connectivity index (χ2n) is 7.02. The maximum Gasteiger partial charge on any atom is 0.313 e. The molecule has 0 spiro atoms. The smallest absolute Gasteiger partial charge is 0.313 e. The zero-order valence-corrected chi connectivity index (χ0v) is 16.9. The number of ether oxygens (including phenoxy) is 1. The van der Waals surface area contributed by atoms with Crippen molar-refractivity contribution in [1.82, 2.24) is 10.3 Å². The van der Waals surface area contributed by atoms with Gasteiger partial charge in [0.2, 0.25) is 0 Å². The lowest BCUT2D eigenvalue weighted by Gasteiger charge is -2.35. The number of hydrogen-bond donors (Lipinski definition) is 4. The van der Waals surface area contributed by atoms with Crippen LogP contribution in [0.2, 0.25) is 5.02 Å². The maximum atomic E-state index is 14.7. The number of methoxy groups -OCH3 is 1. The number of anilines is 1. The Morgan fingerprint density at radius 2 is 2.03 bits per heavy atom. The fraction of sp³-hybridized carbons (Fsp3) is 0.316. The van der Waals surface area contributed by atoms with Crippen molar-refractivity contribution in [2.45, 2.75) is 24.4 Å². The third kappa shape index (κ3) is 4.37. The van der Waals surface area contributed by atoms with Crippen molar-refractivity contribution >= 4 is 29.2 Å². The molecule has 3 atom stereocenters. The fourth-order valence-electron chi connectivity index (χ4n) is 3.45. The van der Waals surface area contributed by atoms with Crippen LogP contribution in [0.25, 0.3) is 0 Å². The van der Waals surface area contributed by atoms with Crippen molar-refractivity contribution in [2.75, 3.05) is 12.4 Å². The monoisotopic (exact) mass is 457 g/mol. The summed E-state index contributed by atoms with van der Waals surface area (Å²) in [5.41, 5.74) is 7.65. The topological polar surface area (TPSA) is 132 Å². The lowest BCUT2D eigenvalue weighted by Crippen LogP contribution is -2.56. The molecule has 166 valence electrons. The molecular weight excluding hydrogens is 439 g/mol. The van der Waals surface area contributed by atoms with Gasteiger partial charge in [0.05, 0.1) is 18.3 Å². The van der Waals surface area contributed by atoms with Crippen LogP contribution in [0.1, 0.15) is 22.5 Å². The van der Waals surface area contributed by atoms with Crippen molar-refractivity contribution in [3.05, 3.63) is 52.6 Å². The number of carbonyl (C=O) groups excluding carboxylic acids is 2. The molecule has 31 heavy (non-hydrogen) atoms. The summed E-state index contributed by atoms with van der Waals surface area (Å²) >= 11 is 6.03. The van der Waals surface area contributed by atoms with E-state index in [2.05, 4.69) is 10.3 Å². The summed E-state index contributed by atoms with van der Waals surface area (Å²) in [7, 11) is 1.40. The van der Waals surface area contributed by atoms with Crippen molar-refractivity contribution in [1.29, 1.82) is 0 Å². The van der Waals surface area contributed by atoms with Gasteiger partial charge in [0, 0.05) is 29.3 Å². The Balaban J connectivity index is 1.98. The summed E-state index contributed by atoms with van der Waals surface area (Å²) in [6, 6.07) is 2.48. The highest BCUT2D eigenvalue weighted by Crippen LogP contribution is 2.49. The van der Waals surface area contributed by atoms with Gasteiger partial charge in [0.15, 0.2) is 0 Å². The van der Waals surface area contributed by atoms with Crippen LogP contribution in [-0.2, 0) is 5.54 Å². The molecule has 3 rings (SSSR count). The minimum Gasteiger partial charge on any atom is -0.495 e. The third-order valence-electron chi connectivity index (χ3n) is 5.04. The number of nitrogens with two attached hydrogens (primary N) is 2. The maximum absolute atomic E-state index is 14.7. The molecule has 1 saturated carbocycles. The molecule has 12 heteroatoms. The van der Waals surface area contributed by atoms with E-state index in [1.54, 1.807) is 0 Å². The van der Waals surface area contributed by atoms with E-state index in [9.17, 15) is 22.8 Å². The number of aromatic nitrogens is 1. The second kappa shape index (κ2) is 8.60. The standard InChI is InChI=1S/C19H19ClF3N5O3/c1-31-9-5-12(20)15(26-7-9)16(29)27-8-2-3-13(21)10(4-8)19(17(22)23,28-18(25)30)11-6-14(11)24/h2-5,7,11,14,17H,6,24H2,1H3,(H,27,29)(H3,25,28,30)/t11-,14+,19+/m0/s1. The molecule has 1 aliphatic rings. The quantitative estimate of drug-likeness (QED) is 0.507. The number of hydrogen-bond acceptors (Lipinski definition) is 5. The van der Waals surface area contributed by atoms with Gasteiger partial charge in [-0.2, -0.15) is 0 Å². The minimum absolute atomic E-state index is 0.0135.